The van der Waals surface area contributed by atoms with Crippen molar-refractivity contribution in [3.05, 3.63) is 57.6 Å². The molecule has 0 aromatic heterocycles. The predicted octanol–water partition coefficient (Wildman–Crippen LogP) is 9.24. The lowest BCUT2D eigenvalue weighted by Crippen LogP contribution is -2.25. The van der Waals surface area contributed by atoms with Gasteiger partial charge in [-0.1, -0.05) is 132 Å². The van der Waals surface area contributed by atoms with Crippen molar-refractivity contribution in [2.75, 3.05) is 0 Å². The molecular weight excluding hydrogens is 443 g/mol. The first kappa shape index (κ1) is 31.6. The third kappa shape index (κ3) is 8.30. The molecule has 0 saturated heterocycles. The van der Waals surface area contributed by atoms with Crippen LogP contribution in [-0.2, 0) is 21.7 Å². The van der Waals surface area contributed by atoms with E-state index >= 15 is 0 Å². The van der Waals surface area contributed by atoms with E-state index in [-0.39, 0.29) is 21.7 Å². The van der Waals surface area contributed by atoms with Crippen molar-refractivity contribution < 1.29 is 7.58 Å². The van der Waals surface area contributed by atoms with Gasteiger partial charge in [0.25, 0.3) is 0 Å². The Morgan fingerprint density at radius 3 is 0.829 bits per heavy atom. The van der Waals surface area contributed by atoms with E-state index < -0.39 is 15.9 Å². The summed E-state index contributed by atoms with van der Waals surface area (Å²) in [5.41, 5.74) is 7.59. The summed E-state index contributed by atoms with van der Waals surface area (Å²) in [5.74, 6) is 2.04. The van der Waals surface area contributed by atoms with E-state index in [2.05, 4.69) is 121 Å². The van der Waals surface area contributed by atoms with Gasteiger partial charge in [-0.3, -0.25) is 0 Å². The molecule has 2 nitrogen and oxygen atoms in total. The molecule has 35 heavy (non-hydrogen) atoms. The first-order valence-electron chi connectivity index (χ1n) is 13.3. The van der Waals surface area contributed by atoms with E-state index in [1.54, 1.807) is 0 Å². The van der Waals surface area contributed by atoms with Crippen LogP contribution in [0.1, 0.15) is 130 Å². The SMILES string of the molecule is CC.Cc1cc(C(C)(C)C)c([O][AlH][O]c2c(C(C)(C)C)cc(C)cc2C(C)(C)C)c(C(C)(C)C)c1. The summed E-state index contributed by atoms with van der Waals surface area (Å²) >= 11 is -1.33. The monoisotopic (exact) mass is 496 g/mol. The molecule has 0 aliphatic rings. The van der Waals surface area contributed by atoms with Crippen LogP contribution in [0.3, 0.4) is 0 Å². The van der Waals surface area contributed by atoms with Gasteiger partial charge in [0.05, 0.1) is 11.5 Å². The zero-order chi connectivity index (χ0) is 27.6. The third-order valence-corrected chi connectivity index (χ3v) is 6.92. The van der Waals surface area contributed by atoms with Crippen molar-refractivity contribution in [2.24, 2.45) is 0 Å². The summed E-state index contributed by atoms with van der Waals surface area (Å²) in [4.78, 5) is 0. The molecule has 0 bridgehead atoms. The second-order valence-electron chi connectivity index (χ2n) is 13.8. The predicted molar refractivity (Wildman–Crippen MR) is 157 cm³/mol. The van der Waals surface area contributed by atoms with Crippen LogP contribution in [0.5, 0.6) is 11.5 Å². The lowest BCUT2D eigenvalue weighted by Gasteiger charge is -2.33. The minimum Gasteiger partial charge on any atom is -0.614 e. The highest BCUT2D eigenvalue weighted by atomic mass is 27.2. The van der Waals surface area contributed by atoms with Gasteiger partial charge in [-0.2, -0.15) is 0 Å². The summed E-state index contributed by atoms with van der Waals surface area (Å²) in [5, 5.41) is 0. The molecule has 0 heterocycles. The molecule has 0 aliphatic carbocycles. The van der Waals surface area contributed by atoms with Gasteiger partial charge in [-0.05, 0) is 57.8 Å². The van der Waals surface area contributed by atoms with E-state index in [1.807, 2.05) is 13.8 Å². The van der Waals surface area contributed by atoms with E-state index in [0.717, 1.165) is 11.5 Å². The molecule has 0 amide bonds. The maximum Gasteiger partial charge on any atom is 0.832 e. The summed E-state index contributed by atoms with van der Waals surface area (Å²) in [6.45, 7) is 35.5. The van der Waals surface area contributed by atoms with Crippen molar-refractivity contribution in [1.82, 2.24) is 0 Å². The number of hydrogen-bond donors (Lipinski definition) is 0. The Balaban J connectivity index is 0.00000298. The largest absolute Gasteiger partial charge is 0.832 e. The van der Waals surface area contributed by atoms with Crippen molar-refractivity contribution >= 4 is 15.9 Å². The minimum absolute atomic E-state index is 0.00719. The molecule has 2 rings (SSSR count). The normalized spacial score (nSPS) is 12.6. The van der Waals surface area contributed by atoms with Gasteiger partial charge in [0.1, 0.15) is 0 Å². The van der Waals surface area contributed by atoms with Crippen molar-refractivity contribution in [1.29, 1.82) is 0 Å². The molecule has 3 heteroatoms. The smallest absolute Gasteiger partial charge is 0.614 e. The maximum atomic E-state index is 6.66. The van der Waals surface area contributed by atoms with Crippen LogP contribution in [0.2, 0.25) is 0 Å². The lowest BCUT2D eigenvalue weighted by molar-refractivity contribution is 0.413. The van der Waals surface area contributed by atoms with Crippen molar-refractivity contribution in [3.63, 3.8) is 0 Å². The lowest BCUT2D eigenvalue weighted by atomic mass is 9.78. The fourth-order valence-electron chi connectivity index (χ4n) is 4.23. The first-order valence-corrected chi connectivity index (χ1v) is 14.4. The first-order chi connectivity index (χ1) is 15.7. The van der Waals surface area contributed by atoms with Crippen LogP contribution < -0.4 is 7.58 Å². The highest BCUT2D eigenvalue weighted by Crippen LogP contribution is 2.42. The molecule has 0 spiro atoms. The third-order valence-electron chi connectivity index (χ3n) is 6.11. The zero-order valence-electron chi connectivity index (χ0n) is 25.8. The van der Waals surface area contributed by atoms with Gasteiger partial charge < -0.3 is 7.58 Å². The van der Waals surface area contributed by atoms with E-state index in [0.29, 0.717) is 0 Å². The van der Waals surface area contributed by atoms with Gasteiger partial charge in [0.15, 0.2) is 0 Å². The number of benzene rings is 2. The molecular formula is C32H53AlO2. The average Bonchev–Trinajstić information content (AvgIpc) is 2.67. The van der Waals surface area contributed by atoms with Crippen LogP contribution >= 0.6 is 0 Å². The van der Waals surface area contributed by atoms with Gasteiger partial charge >= 0.3 is 15.9 Å². The molecule has 0 saturated carbocycles. The Morgan fingerprint density at radius 2 is 0.657 bits per heavy atom. The second-order valence-corrected chi connectivity index (χ2v) is 14.6. The second kappa shape index (κ2) is 11.3. The van der Waals surface area contributed by atoms with E-state index in [9.17, 15) is 0 Å². The van der Waals surface area contributed by atoms with E-state index in [4.69, 9.17) is 7.58 Å². The molecule has 0 fully saturated rings. The Hall–Kier alpha value is -1.43. The fraction of sp³-hybridized carbons (Fsp3) is 0.625. The molecule has 0 aliphatic heterocycles. The van der Waals surface area contributed by atoms with Crippen LogP contribution in [0.15, 0.2) is 24.3 Å². The van der Waals surface area contributed by atoms with Gasteiger partial charge in [0.2, 0.25) is 0 Å². The molecule has 0 atom stereocenters. The molecule has 0 unspecified atom stereocenters. The van der Waals surface area contributed by atoms with Crippen LogP contribution in [0.4, 0.5) is 0 Å². The summed E-state index contributed by atoms with van der Waals surface area (Å²) in [7, 11) is 0. The van der Waals surface area contributed by atoms with Gasteiger partial charge in [-0.15, -0.1) is 0 Å². The molecule has 0 N–H and O–H groups in total. The Morgan fingerprint density at radius 1 is 0.457 bits per heavy atom. The highest BCUT2D eigenvalue weighted by molar-refractivity contribution is 6.21. The van der Waals surface area contributed by atoms with Crippen LogP contribution in [0.25, 0.3) is 0 Å². The standard InChI is InChI=1S/2C15H24O.C2H6.Al.H/c2*1-10-8-11(14(2,3)4)13(16)12(9-10)15(5,6)7;1-2;;/h2*8-9,16H,1-7H3;1-2H3;;/q;;;+2;/p-2. The van der Waals surface area contributed by atoms with Crippen LogP contribution in [0, 0.1) is 13.8 Å². The van der Waals surface area contributed by atoms with Gasteiger partial charge in [-0.25, -0.2) is 0 Å². The Labute approximate surface area is 224 Å². The Kier molecular flexibility index (Phi) is 10.2. The van der Waals surface area contributed by atoms with E-state index in [1.165, 1.54) is 33.4 Å². The van der Waals surface area contributed by atoms with Crippen molar-refractivity contribution in [2.45, 2.75) is 132 Å². The molecule has 2 aromatic carbocycles. The molecule has 2 aromatic rings. The average molecular weight is 497 g/mol. The number of hydrogen-bond acceptors (Lipinski definition) is 2. The number of rotatable bonds is 4. The van der Waals surface area contributed by atoms with Gasteiger partial charge in [0, 0.05) is 0 Å². The topological polar surface area (TPSA) is 18.5 Å². The number of aryl methyl sites for hydroxylation is 2. The van der Waals surface area contributed by atoms with Crippen LogP contribution in [-0.4, -0.2) is 15.9 Å². The zero-order valence-corrected chi connectivity index (χ0v) is 27.2. The highest BCUT2D eigenvalue weighted by Gasteiger charge is 2.30. The minimum atomic E-state index is -1.33. The molecule has 0 radical (unpaired) electrons. The maximum absolute atomic E-state index is 6.66. The summed E-state index contributed by atoms with van der Waals surface area (Å²) in [6, 6.07) is 9.13. The quantitative estimate of drug-likeness (QED) is 0.393. The van der Waals surface area contributed by atoms with Crippen molar-refractivity contribution in [3.8, 4) is 11.5 Å². The molecule has 196 valence electrons. The fourth-order valence-corrected chi connectivity index (χ4v) is 5.15. The summed E-state index contributed by atoms with van der Waals surface area (Å²) < 4.78 is 13.3. The Bertz CT molecular complexity index is 839. The summed E-state index contributed by atoms with van der Waals surface area (Å²) in [6.07, 6.45) is 0.